The van der Waals surface area contributed by atoms with Gasteiger partial charge >= 0.3 is 6.18 Å². The molecule has 2 heterocycles. The number of hydrogen-bond acceptors (Lipinski definition) is 5. The van der Waals surface area contributed by atoms with Crippen molar-refractivity contribution in [2.24, 2.45) is 0 Å². The summed E-state index contributed by atoms with van der Waals surface area (Å²) >= 11 is 7.56. The minimum absolute atomic E-state index is 0.193. The van der Waals surface area contributed by atoms with Crippen LogP contribution in [0.4, 0.5) is 13.2 Å². The first-order valence-electron chi connectivity index (χ1n) is 8.46. The molecule has 0 aliphatic heterocycles. The van der Waals surface area contributed by atoms with E-state index in [0.29, 0.717) is 13.0 Å². The maximum atomic E-state index is 13.1. The van der Waals surface area contributed by atoms with Crippen LogP contribution in [0, 0.1) is 6.92 Å². The molecule has 0 aliphatic carbocycles. The minimum Gasteiger partial charge on any atom is -0.467 e. The number of thiazole rings is 1. The molecular formula is C18H16ClF3N4O2S. The number of aromatic nitrogens is 3. The fourth-order valence-electron chi connectivity index (χ4n) is 2.47. The second kappa shape index (κ2) is 8.83. The number of halogens is 4. The molecule has 1 N–H and O–H groups in total. The molecule has 0 atom stereocenters. The summed E-state index contributed by atoms with van der Waals surface area (Å²) in [6.07, 6.45) is -4.06. The Morgan fingerprint density at radius 3 is 2.76 bits per heavy atom. The first-order valence-corrected chi connectivity index (χ1v) is 9.72. The minimum atomic E-state index is -4.67. The highest BCUT2D eigenvalue weighted by molar-refractivity contribution is 7.09. The SMILES string of the molecule is Cc1ncsc1CCNC(=O)COc1cc(C(F)(F)F)nn1-c1ccccc1Cl. The summed E-state index contributed by atoms with van der Waals surface area (Å²) < 4.78 is 45.5. The van der Waals surface area contributed by atoms with Gasteiger partial charge in [0.2, 0.25) is 5.88 Å². The molecule has 3 aromatic rings. The maximum absolute atomic E-state index is 13.1. The number of para-hydroxylation sites is 1. The molecule has 3 rings (SSSR count). The van der Waals surface area contributed by atoms with Gasteiger partial charge in [-0.1, -0.05) is 23.7 Å². The van der Waals surface area contributed by atoms with Crippen molar-refractivity contribution in [3.05, 3.63) is 57.1 Å². The molecule has 11 heteroatoms. The number of hydrogen-bond donors (Lipinski definition) is 1. The summed E-state index contributed by atoms with van der Waals surface area (Å²) in [5.41, 5.74) is 1.70. The van der Waals surface area contributed by atoms with Crippen molar-refractivity contribution in [2.75, 3.05) is 13.2 Å². The summed E-state index contributed by atoms with van der Waals surface area (Å²) in [5, 5.41) is 6.40. The zero-order chi connectivity index (χ0) is 21.0. The molecule has 154 valence electrons. The molecule has 2 aromatic heterocycles. The first kappa shape index (κ1) is 21.1. The normalized spacial score (nSPS) is 11.5. The monoisotopic (exact) mass is 444 g/mol. The molecule has 0 fully saturated rings. The Kier molecular flexibility index (Phi) is 6.43. The van der Waals surface area contributed by atoms with Crippen molar-refractivity contribution in [1.82, 2.24) is 20.1 Å². The van der Waals surface area contributed by atoms with Crippen LogP contribution in [-0.4, -0.2) is 33.8 Å². The van der Waals surface area contributed by atoms with Crippen LogP contribution in [0.2, 0.25) is 5.02 Å². The number of ether oxygens (including phenoxy) is 1. The van der Waals surface area contributed by atoms with Crippen LogP contribution in [0.1, 0.15) is 16.3 Å². The van der Waals surface area contributed by atoms with Crippen LogP contribution in [0.3, 0.4) is 0 Å². The summed E-state index contributed by atoms with van der Waals surface area (Å²) in [7, 11) is 0. The Bertz CT molecular complexity index is 1000. The van der Waals surface area contributed by atoms with Crippen LogP contribution in [0.5, 0.6) is 5.88 Å². The number of alkyl halides is 3. The van der Waals surface area contributed by atoms with Gasteiger partial charge in [0.05, 0.1) is 21.9 Å². The van der Waals surface area contributed by atoms with E-state index in [9.17, 15) is 18.0 Å². The van der Waals surface area contributed by atoms with Gasteiger partial charge in [-0.2, -0.15) is 23.0 Å². The van der Waals surface area contributed by atoms with Crippen molar-refractivity contribution in [3.8, 4) is 11.6 Å². The fraction of sp³-hybridized carbons (Fsp3) is 0.278. The van der Waals surface area contributed by atoms with E-state index in [-0.39, 0.29) is 16.6 Å². The van der Waals surface area contributed by atoms with E-state index in [1.165, 1.54) is 23.5 Å². The first-order chi connectivity index (χ1) is 13.8. The van der Waals surface area contributed by atoms with Crippen LogP contribution in [-0.2, 0) is 17.4 Å². The predicted molar refractivity (Wildman–Crippen MR) is 103 cm³/mol. The van der Waals surface area contributed by atoms with Crippen molar-refractivity contribution >= 4 is 28.8 Å². The number of carbonyl (C=O) groups excluding carboxylic acids is 1. The Balaban J connectivity index is 1.68. The lowest BCUT2D eigenvalue weighted by Crippen LogP contribution is -2.30. The third-order valence-corrected chi connectivity index (χ3v) is 5.23. The molecular weight excluding hydrogens is 429 g/mol. The number of nitrogens with one attached hydrogen (secondary N) is 1. The number of amides is 1. The van der Waals surface area contributed by atoms with Gasteiger partial charge in [-0.25, -0.2) is 4.98 Å². The molecule has 0 bridgehead atoms. The zero-order valence-electron chi connectivity index (χ0n) is 15.2. The molecule has 29 heavy (non-hydrogen) atoms. The Labute approximate surface area is 173 Å². The van der Waals surface area contributed by atoms with E-state index >= 15 is 0 Å². The molecule has 0 aliphatic rings. The standard InChI is InChI=1S/C18H16ClF3N4O2S/c1-11-14(29-10-24-11)6-7-23-16(27)9-28-17-8-15(18(20,21)22)25-26(17)13-5-3-2-4-12(13)19/h2-5,8,10H,6-7,9H2,1H3,(H,23,27). The third-order valence-electron chi connectivity index (χ3n) is 3.92. The van der Waals surface area contributed by atoms with Gasteiger partial charge in [0, 0.05) is 23.9 Å². The summed E-state index contributed by atoms with van der Waals surface area (Å²) in [5.74, 6) is -0.702. The highest BCUT2D eigenvalue weighted by Crippen LogP contribution is 2.33. The number of aryl methyl sites for hydroxylation is 1. The average molecular weight is 445 g/mol. The Morgan fingerprint density at radius 1 is 1.34 bits per heavy atom. The van der Waals surface area contributed by atoms with Crippen LogP contribution in [0.25, 0.3) is 5.69 Å². The van der Waals surface area contributed by atoms with Crippen LogP contribution >= 0.6 is 22.9 Å². The molecule has 0 radical (unpaired) electrons. The smallest absolute Gasteiger partial charge is 0.435 e. The van der Waals surface area contributed by atoms with Gasteiger partial charge in [-0.05, 0) is 19.1 Å². The van der Waals surface area contributed by atoms with Gasteiger partial charge in [0.15, 0.2) is 12.3 Å². The van der Waals surface area contributed by atoms with Crippen molar-refractivity contribution in [1.29, 1.82) is 0 Å². The number of carbonyl (C=O) groups is 1. The van der Waals surface area contributed by atoms with Crippen molar-refractivity contribution in [3.63, 3.8) is 0 Å². The molecule has 1 aromatic carbocycles. The molecule has 0 unspecified atom stereocenters. The molecule has 0 saturated carbocycles. The van der Waals surface area contributed by atoms with E-state index in [4.69, 9.17) is 16.3 Å². The topological polar surface area (TPSA) is 69.0 Å². The van der Waals surface area contributed by atoms with E-state index in [1.807, 2.05) is 6.92 Å². The van der Waals surface area contributed by atoms with Crippen LogP contribution < -0.4 is 10.1 Å². The second-order valence-electron chi connectivity index (χ2n) is 5.98. The van der Waals surface area contributed by atoms with Crippen LogP contribution in [0.15, 0.2) is 35.8 Å². The van der Waals surface area contributed by atoms with E-state index < -0.39 is 24.4 Å². The van der Waals surface area contributed by atoms with Gasteiger partial charge in [-0.3, -0.25) is 4.79 Å². The summed E-state index contributed by atoms with van der Waals surface area (Å²) in [6.45, 7) is 1.78. The van der Waals surface area contributed by atoms with Gasteiger partial charge < -0.3 is 10.1 Å². The second-order valence-corrected chi connectivity index (χ2v) is 7.32. The maximum Gasteiger partial charge on any atom is 0.435 e. The lowest BCUT2D eigenvalue weighted by Gasteiger charge is -2.10. The predicted octanol–water partition coefficient (Wildman–Crippen LogP) is 4.05. The molecule has 0 saturated heterocycles. The summed E-state index contributed by atoms with van der Waals surface area (Å²) in [4.78, 5) is 17.2. The number of benzene rings is 1. The van der Waals surface area contributed by atoms with Crippen molar-refractivity contribution < 1.29 is 22.7 Å². The van der Waals surface area contributed by atoms with Crippen molar-refractivity contribution in [2.45, 2.75) is 19.5 Å². The highest BCUT2D eigenvalue weighted by Gasteiger charge is 2.36. The largest absolute Gasteiger partial charge is 0.467 e. The van der Waals surface area contributed by atoms with Gasteiger partial charge in [0.1, 0.15) is 0 Å². The Morgan fingerprint density at radius 2 is 2.10 bits per heavy atom. The number of rotatable bonds is 7. The molecule has 1 amide bonds. The average Bonchev–Trinajstić information content (AvgIpc) is 3.27. The quantitative estimate of drug-likeness (QED) is 0.597. The lowest BCUT2D eigenvalue weighted by atomic mass is 10.3. The lowest BCUT2D eigenvalue weighted by molar-refractivity contribution is -0.141. The Hall–Kier alpha value is -2.59. The molecule has 6 nitrogen and oxygen atoms in total. The van der Waals surface area contributed by atoms with Gasteiger partial charge in [-0.15, -0.1) is 11.3 Å². The third kappa shape index (κ3) is 5.27. The van der Waals surface area contributed by atoms with E-state index in [2.05, 4.69) is 15.4 Å². The fourth-order valence-corrected chi connectivity index (χ4v) is 3.47. The van der Waals surface area contributed by atoms with Gasteiger partial charge in [0.25, 0.3) is 5.91 Å². The number of nitrogens with zero attached hydrogens (tertiary/aromatic N) is 3. The highest BCUT2D eigenvalue weighted by atomic mass is 35.5. The summed E-state index contributed by atoms with van der Waals surface area (Å²) in [6, 6.07) is 6.99. The van der Waals surface area contributed by atoms with E-state index in [1.54, 1.807) is 17.6 Å². The molecule has 0 spiro atoms. The zero-order valence-corrected chi connectivity index (χ0v) is 16.7. The van der Waals surface area contributed by atoms with E-state index in [0.717, 1.165) is 21.3 Å².